The first-order valence-corrected chi connectivity index (χ1v) is 8.79. The molecular formula is C19H21N5O3. The van der Waals surface area contributed by atoms with Gasteiger partial charge in [-0.15, -0.1) is 0 Å². The van der Waals surface area contributed by atoms with Gasteiger partial charge in [-0.1, -0.05) is 18.2 Å². The SMILES string of the molecule is Cn1nccc1[C@H](O)c1cc2n(n1)CCN(Cc1ccccc1C(=O)O)C2. The van der Waals surface area contributed by atoms with Gasteiger partial charge in [0.1, 0.15) is 6.10 Å². The average Bonchev–Trinajstić information content (AvgIpc) is 3.27. The Morgan fingerprint density at radius 2 is 2.07 bits per heavy atom. The van der Waals surface area contributed by atoms with E-state index in [2.05, 4.69) is 15.1 Å². The predicted octanol–water partition coefficient (Wildman–Crippen LogP) is 1.41. The number of aromatic carboxylic acids is 1. The summed E-state index contributed by atoms with van der Waals surface area (Å²) in [5.41, 5.74) is 3.43. The highest BCUT2D eigenvalue weighted by atomic mass is 16.4. The fraction of sp³-hybridized carbons (Fsp3) is 0.316. The molecule has 3 heterocycles. The number of aliphatic hydroxyl groups excluding tert-OH is 1. The largest absolute Gasteiger partial charge is 0.478 e. The number of aryl methyl sites for hydroxylation is 1. The number of hydrogen-bond donors (Lipinski definition) is 2. The van der Waals surface area contributed by atoms with E-state index in [9.17, 15) is 15.0 Å². The van der Waals surface area contributed by atoms with Crippen molar-refractivity contribution in [1.82, 2.24) is 24.5 Å². The van der Waals surface area contributed by atoms with Crippen LogP contribution in [0.3, 0.4) is 0 Å². The van der Waals surface area contributed by atoms with Crippen molar-refractivity contribution in [3.05, 3.63) is 70.8 Å². The van der Waals surface area contributed by atoms with E-state index in [4.69, 9.17) is 0 Å². The number of hydrogen-bond acceptors (Lipinski definition) is 5. The minimum atomic E-state index is -0.908. The first-order valence-electron chi connectivity index (χ1n) is 8.79. The van der Waals surface area contributed by atoms with Crippen molar-refractivity contribution in [1.29, 1.82) is 0 Å². The first-order chi connectivity index (χ1) is 13.0. The molecule has 0 unspecified atom stereocenters. The summed E-state index contributed by atoms with van der Waals surface area (Å²) < 4.78 is 3.55. The van der Waals surface area contributed by atoms with Crippen molar-refractivity contribution in [3.8, 4) is 0 Å². The maximum atomic E-state index is 11.4. The Balaban J connectivity index is 1.52. The van der Waals surface area contributed by atoms with Crippen LogP contribution in [0, 0.1) is 0 Å². The molecule has 1 aliphatic rings. The lowest BCUT2D eigenvalue weighted by Crippen LogP contribution is -2.33. The highest BCUT2D eigenvalue weighted by molar-refractivity contribution is 5.89. The molecule has 0 bridgehead atoms. The fourth-order valence-corrected chi connectivity index (χ4v) is 3.52. The van der Waals surface area contributed by atoms with Crippen molar-refractivity contribution < 1.29 is 15.0 Å². The number of benzene rings is 1. The smallest absolute Gasteiger partial charge is 0.336 e. The molecule has 0 fully saturated rings. The van der Waals surface area contributed by atoms with Gasteiger partial charge in [-0.2, -0.15) is 10.2 Å². The lowest BCUT2D eigenvalue weighted by molar-refractivity contribution is 0.0694. The van der Waals surface area contributed by atoms with Gasteiger partial charge in [-0.25, -0.2) is 4.79 Å². The monoisotopic (exact) mass is 367 g/mol. The second-order valence-electron chi connectivity index (χ2n) is 6.74. The van der Waals surface area contributed by atoms with Crippen molar-refractivity contribution in [2.75, 3.05) is 6.54 Å². The van der Waals surface area contributed by atoms with Gasteiger partial charge in [0.2, 0.25) is 0 Å². The summed E-state index contributed by atoms with van der Waals surface area (Å²) in [6.07, 6.45) is 0.827. The second-order valence-corrected chi connectivity index (χ2v) is 6.74. The van der Waals surface area contributed by atoms with Crippen LogP contribution < -0.4 is 0 Å². The van der Waals surface area contributed by atoms with Crippen LogP contribution in [-0.2, 0) is 26.7 Å². The molecule has 1 aliphatic heterocycles. The molecule has 140 valence electrons. The zero-order chi connectivity index (χ0) is 19.0. The van der Waals surface area contributed by atoms with Crippen molar-refractivity contribution in [3.63, 3.8) is 0 Å². The van der Waals surface area contributed by atoms with Gasteiger partial charge in [0, 0.05) is 32.9 Å². The average molecular weight is 367 g/mol. The number of carboxylic acids is 1. The maximum Gasteiger partial charge on any atom is 0.336 e. The molecule has 0 radical (unpaired) electrons. The molecule has 0 saturated heterocycles. The van der Waals surface area contributed by atoms with E-state index < -0.39 is 12.1 Å². The fourth-order valence-electron chi connectivity index (χ4n) is 3.52. The maximum absolute atomic E-state index is 11.4. The number of carboxylic acid groups (broad SMARTS) is 1. The Labute approximate surface area is 156 Å². The van der Waals surface area contributed by atoms with Gasteiger partial charge in [-0.05, 0) is 23.8 Å². The predicted molar refractivity (Wildman–Crippen MR) is 97.0 cm³/mol. The van der Waals surface area contributed by atoms with Crippen LogP contribution in [0.1, 0.15) is 39.1 Å². The van der Waals surface area contributed by atoms with Crippen LogP contribution in [-0.4, -0.2) is 47.2 Å². The minimum Gasteiger partial charge on any atom is -0.478 e. The second kappa shape index (κ2) is 6.98. The standard InChI is InChI=1S/C19H21N5O3/c1-22-17(6-7-20-22)18(25)16-10-14-12-23(8-9-24(14)21-16)11-13-4-2-3-5-15(13)19(26)27/h2-7,10,18,25H,8-9,11-12H2,1H3,(H,26,27)/t18-/m1/s1. The van der Waals surface area contributed by atoms with Crippen molar-refractivity contribution in [2.24, 2.45) is 7.05 Å². The third-order valence-corrected chi connectivity index (χ3v) is 4.96. The summed E-state index contributed by atoms with van der Waals surface area (Å²) in [4.78, 5) is 13.6. The van der Waals surface area contributed by atoms with Crippen molar-refractivity contribution >= 4 is 5.97 Å². The third-order valence-electron chi connectivity index (χ3n) is 4.96. The number of rotatable bonds is 5. The molecule has 8 nitrogen and oxygen atoms in total. The summed E-state index contributed by atoms with van der Waals surface area (Å²) in [6.45, 7) is 2.68. The van der Waals surface area contributed by atoms with Gasteiger partial charge in [0.15, 0.2) is 0 Å². The van der Waals surface area contributed by atoms with Gasteiger partial charge in [0.25, 0.3) is 0 Å². The van der Waals surface area contributed by atoms with Gasteiger partial charge >= 0.3 is 5.97 Å². The summed E-state index contributed by atoms with van der Waals surface area (Å²) in [5.74, 6) is -0.908. The van der Waals surface area contributed by atoms with Gasteiger partial charge < -0.3 is 10.2 Å². The lowest BCUT2D eigenvalue weighted by atomic mass is 10.1. The van der Waals surface area contributed by atoms with Crippen LogP contribution >= 0.6 is 0 Å². The third kappa shape index (κ3) is 3.36. The molecule has 27 heavy (non-hydrogen) atoms. The molecule has 4 rings (SSSR count). The van der Waals surface area contributed by atoms with Crippen LogP contribution in [0.25, 0.3) is 0 Å². The van der Waals surface area contributed by atoms with E-state index in [1.165, 1.54) is 0 Å². The van der Waals surface area contributed by atoms with Gasteiger partial charge in [0.05, 0.1) is 29.2 Å². The van der Waals surface area contributed by atoms with Crippen LogP contribution in [0.15, 0.2) is 42.6 Å². The highest BCUT2D eigenvalue weighted by Crippen LogP contribution is 2.24. The number of aliphatic hydroxyl groups is 1. The number of aromatic nitrogens is 4. The zero-order valence-electron chi connectivity index (χ0n) is 15.0. The topological polar surface area (TPSA) is 96.4 Å². The Kier molecular flexibility index (Phi) is 4.51. The molecule has 0 aliphatic carbocycles. The Bertz CT molecular complexity index is 977. The molecule has 0 amide bonds. The molecule has 2 N–H and O–H groups in total. The van der Waals surface area contributed by atoms with Crippen LogP contribution in [0.2, 0.25) is 0 Å². The summed E-state index contributed by atoms with van der Waals surface area (Å²) in [6, 6.07) is 10.8. The molecule has 0 saturated carbocycles. The van der Waals surface area contributed by atoms with E-state index >= 15 is 0 Å². The van der Waals surface area contributed by atoms with E-state index in [0.717, 1.165) is 17.8 Å². The lowest BCUT2D eigenvalue weighted by Gasteiger charge is -2.27. The Morgan fingerprint density at radius 1 is 1.26 bits per heavy atom. The quantitative estimate of drug-likeness (QED) is 0.708. The Hall–Kier alpha value is -2.97. The van der Waals surface area contributed by atoms with Crippen molar-refractivity contribution in [2.45, 2.75) is 25.7 Å². The van der Waals surface area contributed by atoms with Gasteiger partial charge in [-0.3, -0.25) is 14.3 Å². The van der Waals surface area contributed by atoms with Crippen LogP contribution in [0.5, 0.6) is 0 Å². The Morgan fingerprint density at radius 3 is 2.81 bits per heavy atom. The summed E-state index contributed by atoms with van der Waals surface area (Å²) in [7, 11) is 1.79. The van der Waals surface area contributed by atoms with E-state index in [1.807, 2.05) is 22.9 Å². The number of fused-ring (bicyclic) bond motifs is 1. The zero-order valence-corrected chi connectivity index (χ0v) is 15.0. The number of carbonyl (C=O) groups is 1. The normalized spacial score (nSPS) is 15.5. The molecular weight excluding hydrogens is 346 g/mol. The van der Waals surface area contributed by atoms with Crippen LogP contribution in [0.4, 0.5) is 0 Å². The minimum absolute atomic E-state index is 0.337. The van der Waals surface area contributed by atoms with E-state index in [-0.39, 0.29) is 0 Å². The summed E-state index contributed by atoms with van der Waals surface area (Å²) in [5, 5.41) is 28.6. The number of nitrogens with zero attached hydrogens (tertiary/aromatic N) is 5. The molecule has 2 aromatic heterocycles. The molecule has 1 aromatic carbocycles. The molecule has 3 aromatic rings. The molecule has 1 atom stereocenters. The molecule has 0 spiro atoms. The summed E-state index contributed by atoms with van der Waals surface area (Å²) >= 11 is 0. The van der Waals surface area contributed by atoms with E-state index in [0.29, 0.717) is 36.6 Å². The van der Waals surface area contributed by atoms with E-state index in [1.54, 1.807) is 36.1 Å². The first kappa shape index (κ1) is 17.4. The highest BCUT2D eigenvalue weighted by Gasteiger charge is 2.24. The molecule has 8 heteroatoms.